The van der Waals surface area contributed by atoms with E-state index in [1.54, 1.807) is 4.90 Å². The Morgan fingerprint density at radius 3 is 2.58 bits per heavy atom. The third kappa shape index (κ3) is 5.67. The molecule has 0 aromatic heterocycles. The second kappa shape index (κ2) is 10.9. The summed E-state index contributed by atoms with van der Waals surface area (Å²) in [6, 6.07) is 7.18. The Kier molecular flexibility index (Phi) is 7.44. The average molecular weight is 553 g/mol. The molecule has 9 nitrogen and oxygen atoms in total. The van der Waals surface area contributed by atoms with Crippen LogP contribution in [0.5, 0.6) is 5.75 Å². The standard InChI is InChI=1S/C31H44N4O5/c1-31(2,3)40-30(38)33-27(19-9-5-4-6-10-19)29(37)35-17-21-15-20-16-24(20)34(21)18-25(35)28(36)32-23-13-14-39-26-12-8-7-11-22(23)26/h7-8,11-12,19-21,23-25,27H,4-6,9-10,13-18H2,1-3H3,(H,32,36)(H,33,38)/t20-,21+,23+,24+,25-,27-/m0/s1. The molecule has 0 spiro atoms. The van der Waals surface area contributed by atoms with Crippen LogP contribution in [0.15, 0.2) is 24.3 Å². The molecule has 5 aliphatic rings. The molecule has 0 bridgehead atoms. The van der Waals surface area contributed by atoms with Crippen LogP contribution in [0.4, 0.5) is 4.79 Å². The number of rotatable bonds is 5. The number of piperidine rings is 1. The van der Waals surface area contributed by atoms with Crippen LogP contribution in [0.3, 0.4) is 0 Å². The van der Waals surface area contributed by atoms with E-state index in [-0.39, 0.29) is 29.8 Å². The summed E-state index contributed by atoms with van der Waals surface area (Å²) >= 11 is 0. The lowest BCUT2D eigenvalue weighted by atomic mass is 9.83. The third-order valence-electron chi connectivity index (χ3n) is 9.44. The number of nitrogens with one attached hydrogen (secondary N) is 2. The fourth-order valence-electron chi connectivity index (χ4n) is 7.45. The number of fused-ring (bicyclic) bond motifs is 4. The summed E-state index contributed by atoms with van der Waals surface area (Å²) in [7, 11) is 0. The molecule has 3 amide bonds. The van der Waals surface area contributed by atoms with E-state index in [4.69, 9.17) is 9.47 Å². The Balaban J connectivity index is 1.25. The van der Waals surface area contributed by atoms with Crippen molar-refractivity contribution in [3.8, 4) is 5.75 Å². The summed E-state index contributed by atoms with van der Waals surface area (Å²) in [6.07, 6.45) is 7.37. The molecule has 40 heavy (non-hydrogen) atoms. The normalized spacial score (nSPS) is 30.7. The maximum absolute atomic E-state index is 14.4. The first kappa shape index (κ1) is 27.4. The van der Waals surface area contributed by atoms with Crippen LogP contribution >= 0.6 is 0 Å². The fourth-order valence-corrected chi connectivity index (χ4v) is 7.45. The van der Waals surface area contributed by atoms with Crippen molar-refractivity contribution in [2.45, 2.75) is 108 Å². The third-order valence-corrected chi connectivity index (χ3v) is 9.44. The number of hydrogen-bond acceptors (Lipinski definition) is 6. The van der Waals surface area contributed by atoms with Gasteiger partial charge in [-0.05, 0) is 64.4 Å². The zero-order valence-corrected chi connectivity index (χ0v) is 24.1. The Morgan fingerprint density at radius 2 is 1.80 bits per heavy atom. The Hall–Kier alpha value is -2.81. The van der Waals surface area contributed by atoms with Gasteiger partial charge in [0.2, 0.25) is 11.8 Å². The first-order valence-electron chi connectivity index (χ1n) is 15.3. The van der Waals surface area contributed by atoms with Crippen molar-refractivity contribution < 1.29 is 23.9 Å². The lowest BCUT2D eigenvalue weighted by molar-refractivity contribution is -0.149. The number of para-hydroxylation sites is 1. The van der Waals surface area contributed by atoms with Gasteiger partial charge in [0.05, 0.1) is 12.6 Å². The van der Waals surface area contributed by atoms with Gasteiger partial charge >= 0.3 is 6.09 Å². The Morgan fingerprint density at radius 1 is 1.02 bits per heavy atom. The van der Waals surface area contributed by atoms with Crippen molar-refractivity contribution in [1.82, 2.24) is 20.4 Å². The van der Waals surface area contributed by atoms with E-state index in [1.165, 1.54) is 6.42 Å². The number of piperazine rings is 1. The van der Waals surface area contributed by atoms with Gasteiger partial charge < -0.3 is 25.0 Å². The minimum absolute atomic E-state index is 0.0369. The van der Waals surface area contributed by atoms with Crippen molar-refractivity contribution in [3.05, 3.63) is 29.8 Å². The van der Waals surface area contributed by atoms with Crippen LogP contribution in [0.25, 0.3) is 0 Å². The lowest BCUT2D eigenvalue weighted by Gasteiger charge is -2.46. The molecule has 6 atom stereocenters. The average Bonchev–Trinajstić information content (AvgIpc) is 3.61. The van der Waals surface area contributed by atoms with Crippen molar-refractivity contribution in [2.75, 3.05) is 19.7 Å². The zero-order valence-electron chi connectivity index (χ0n) is 24.1. The minimum Gasteiger partial charge on any atom is -0.493 e. The van der Waals surface area contributed by atoms with Crippen molar-refractivity contribution in [2.24, 2.45) is 11.8 Å². The molecule has 3 heterocycles. The van der Waals surface area contributed by atoms with Crippen molar-refractivity contribution >= 4 is 17.9 Å². The van der Waals surface area contributed by atoms with E-state index in [9.17, 15) is 14.4 Å². The smallest absolute Gasteiger partial charge is 0.408 e. The highest BCUT2D eigenvalue weighted by Gasteiger charge is 2.56. The number of nitrogens with zero attached hydrogens (tertiary/aromatic N) is 2. The van der Waals surface area contributed by atoms with Crippen molar-refractivity contribution in [3.63, 3.8) is 0 Å². The predicted molar refractivity (Wildman–Crippen MR) is 150 cm³/mol. The topological polar surface area (TPSA) is 100 Å². The van der Waals surface area contributed by atoms with E-state index < -0.39 is 23.8 Å². The number of alkyl carbamates (subject to hydrolysis) is 1. The molecule has 2 saturated heterocycles. The predicted octanol–water partition coefficient (Wildman–Crippen LogP) is 3.77. The second-order valence-corrected chi connectivity index (χ2v) is 13.4. The van der Waals surface area contributed by atoms with Gasteiger partial charge in [-0.3, -0.25) is 14.5 Å². The Labute approximate surface area is 237 Å². The summed E-state index contributed by atoms with van der Waals surface area (Å²) < 4.78 is 11.4. The Bertz CT molecular complexity index is 1130. The summed E-state index contributed by atoms with van der Waals surface area (Å²) in [5.41, 5.74) is 0.312. The summed E-state index contributed by atoms with van der Waals surface area (Å²) in [4.78, 5) is 45.6. The van der Waals surface area contributed by atoms with Crippen LogP contribution in [0.2, 0.25) is 0 Å². The molecular formula is C31H44N4O5. The van der Waals surface area contributed by atoms with Crippen LogP contribution < -0.4 is 15.4 Å². The lowest BCUT2D eigenvalue weighted by Crippen LogP contribution is -2.66. The van der Waals surface area contributed by atoms with E-state index in [0.717, 1.165) is 49.8 Å². The van der Waals surface area contributed by atoms with E-state index in [1.807, 2.05) is 45.0 Å². The van der Waals surface area contributed by atoms with Crippen molar-refractivity contribution in [1.29, 1.82) is 0 Å². The molecule has 2 saturated carbocycles. The number of benzene rings is 1. The quantitative estimate of drug-likeness (QED) is 0.577. The zero-order chi connectivity index (χ0) is 28.0. The highest BCUT2D eigenvalue weighted by molar-refractivity contribution is 5.92. The van der Waals surface area contributed by atoms with Gasteiger partial charge in [-0.1, -0.05) is 37.5 Å². The summed E-state index contributed by atoms with van der Waals surface area (Å²) in [5, 5.41) is 6.23. The number of amides is 3. The largest absolute Gasteiger partial charge is 0.493 e. The number of hydrogen-bond donors (Lipinski definition) is 2. The van der Waals surface area contributed by atoms with Crippen LogP contribution in [-0.2, 0) is 14.3 Å². The molecule has 9 heteroatoms. The SMILES string of the molecule is CC(C)(C)OC(=O)N[C@H](C(=O)N1C[C@H]2C[C@H]3C[C@H]3N2C[C@H]1C(=O)N[C@@H]1CCOc2ccccc21)C1CCCCC1. The molecule has 1 aromatic rings. The first-order chi connectivity index (χ1) is 19.2. The molecular weight excluding hydrogens is 508 g/mol. The molecule has 0 unspecified atom stereocenters. The molecule has 3 aliphatic heterocycles. The molecule has 2 N–H and O–H groups in total. The number of carbonyl (C=O) groups excluding carboxylic acids is 3. The highest BCUT2D eigenvalue weighted by atomic mass is 16.6. The van der Waals surface area contributed by atoms with Gasteiger partial charge in [0, 0.05) is 37.2 Å². The number of ether oxygens (including phenoxy) is 2. The van der Waals surface area contributed by atoms with Gasteiger partial charge in [0.25, 0.3) is 0 Å². The maximum atomic E-state index is 14.4. The monoisotopic (exact) mass is 552 g/mol. The second-order valence-electron chi connectivity index (χ2n) is 13.4. The summed E-state index contributed by atoms with van der Waals surface area (Å²) in [5.74, 6) is 1.24. The fraction of sp³-hybridized carbons (Fsp3) is 0.710. The molecule has 1 aromatic carbocycles. The minimum atomic E-state index is -0.697. The van der Waals surface area contributed by atoms with Crippen LogP contribution in [0.1, 0.15) is 83.7 Å². The van der Waals surface area contributed by atoms with E-state index in [2.05, 4.69) is 15.5 Å². The van der Waals surface area contributed by atoms with E-state index >= 15 is 0 Å². The molecule has 2 aliphatic carbocycles. The van der Waals surface area contributed by atoms with Gasteiger partial charge in [-0.25, -0.2) is 4.79 Å². The van der Waals surface area contributed by atoms with Gasteiger partial charge in [-0.2, -0.15) is 0 Å². The first-order valence-corrected chi connectivity index (χ1v) is 15.3. The van der Waals surface area contributed by atoms with E-state index in [0.29, 0.717) is 38.1 Å². The number of carbonyl (C=O) groups is 3. The van der Waals surface area contributed by atoms with Gasteiger partial charge in [-0.15, -0.1) is 0 Å². The van der Waals surface area contributed by atoms with Gasteiger partial charge in [0.15, 0.2) is 0 Å². The van der Waals surface area contributed by atoms with Crippen LogP contribution in [0, 0.1) is 11.8 Å². The molecule has 4 fully saturated rings. The molecule has 0 radical (unpaired) electrons. The van der Waals surface area contributed by atoms with Crippen LogP contribution in [-0.4, -0.2) is 77.2 Å². The maximum Gasteiger partial charge on any atom is 0.408 e. The summed E-state index contributed by atoms with van der Waals surface area (Å²) in [6.45, 7) is 7.07. The molecule has 218 valence electrons. The van der Waals surface area contributed by atoms with Gasteiger partial charge in [0.1, 0.15) is 23.4 Å². The highest BCUT2D eigenvalue weighted by Crippen LogP contribution is 2.49. The molecule has 6 rings (SSSR count).